The van der Waals surface area contributed by atoms with Crippen LogP contribution in [0.1, 0.15) is 43.5 Å². The predicted octanol–water partition coefficient (Wildman–Crippen LogP) is 2.20. The molecule has 2 aromatic rings. The van der Waals surface area contributed by atoms with Gasteiger partial charge in [0.1, 0.15) is 5.82 Å². The van der Waals surface area contributed by atoms with E-state index in [9.17, 15) is 0 Å². The number of hydrogen-bond acceptors (Lipinski definition) is 6. The molecule has 8 heteroatoms. The van der Waals surface area contributed by atoms with E-state index >= 15 is 0 Å². The molecule has 0 atom stereocenters. The Bertz CT molecular complexity index is 798. The maximum absolute atomic E-state index is 5.75. The van der Waals surface area contributed by atoms with Crippen LogP contribution in [0.15, 0.2) is 18.5 Å². The van der Waals surface area contributed by atoms with Crippen LogP contribution in [0.5, 0.6) is 0 Å². The molecule has 3 aliphatic rings. The largest absolute Gasteiger partial charge is 0.338 e. The molecule has 2 aromatic heterocycles. The van der Waals surface area contributed by atoms with E-state index in [1.165, 1.54) is 31.5 Å². The summed E-state index contributed by atoms with van der Waals surface area (Å²) in [5.74, 6) is 2.72. The molecule has 1 aliphatic heterocycles. The fraction of sp³-hybridized carbons (Fsp3) is 0.647. The van der Waals surface area contributed by atoms with Crippen LogP contribution in [-0.2, 0) is 6.67 Å². The van der Waals surface area contributed by atoms with Crippen LogP contribution in [0.3, 0.4) is 0 Å². The molecule has 1 saturated heterocycles. The highest BCUT2D eigenvalue weighted by Crippen LogP contribution is 2.44. The van der Waals surface area contributed by atoms with Crippen LogP contribution in [0.25, 0.3) is 0 Å². The Morgan fingerprint density at radius 3 is 2.36 bits per heavy atom. The van der Waals surface area contributed by atoms with Gasteiger partial charge in [-0.3, -0.25) is 4.90 Å². The van der Waals surface area contributed by atoms with Gasteiger partial charge >= 0.3 is 0 Å². The topological polar surface area (TPSA) is 55.0 Å². The zero-order valence-corrected chi connectivity index (χ0v) is 15.1. The lowest BCUT2D eigenvalue weighted by Crippen LogP contribution is -2.47. The van der Waals surface area contributed by atoms with Crippen LogP contribution < -0.4 is 4.90 Å². The van der Waals surface area contributed by atoms with Gasteiger partial charge < -0.3 is 9.47 Å². The summed E-state index contributed by atoms with van der Waals surface area (Å²) in [4.78, 5) is 13.4. The van der Waals surface area contributed by atoms with E-state index in [0.29, 0.717) is 12.0 Å². The molecule has 2 saturated carbocycles. The van der Waals surface area contributed by atoms with Gasteiger partial charge in [0, 0.05) is 50.5 Å². The lowest BCUT2D eigenvalue weighted by Gasteiger charge is -2.34. The quantitative estimate of drug-likeness (QED) is 0.765. The van der Waals surface area contributed by atoms with E-state index in [1.807, 2.05) is 6.07 Å². The second-order valence-electron chi connectivity index (χ2n) is 7.31. The van der Waals surface area contributed by atoms with Crippen molar-refractivity contribution in [3.8, 4) is 0 Å². The Balaban J connectivity index is 1.27. The SMILES string of the molecule is S=c1n(CN2CCN(c3ncccn3)CC2)nc(C2CC2)n1C1CC1. The van der Waals surface area contributed by atoms with Crippen molar-refractivity contribution in [3.05, 3.63) is 29.1 Å². The van der Waals surface area contributed by atoms with Crippen LogP contribution in [0, 0.1) is 4.77 Å². The van der Waals surface area contributed by atoms with Crippen LogP contribution in [0.4, 0.5) is 5.95 Å². The Labute approximate surface area is 152 Å². The fourth-order valence-corrected chi connectivity index (χ4v) is 3.90. The van der Waals surface area contributed by atoms with E-state index in [4.69, 9.17) is 17.3 Å². The highest BCUT2D eigenvalue weighted by Gasteiger charge is 2.36. The third kappa shape index (κ3) is 3.08. The van der Waals surface area contributed by atoms with Crippen LogP contribution >= 0.6 is 12.2 Å². The Kier molecular flexibility index (Phi) is 3.82. The van der Waals surface area contributed by atoms with E-state index in [2.05, 4.69) is 29.0 Å². The molecule has 7 nitrogen and oxygen atoms in total. The minimum Gasteiger partial charge on any atom is -0.338 e. The van der Waals surface area contributed by atoms with Crippen molar-refractivity contribution in [2.45, 2.75) is 44.3 Å². The lowest BCUT2D eigenvalue weighted by molar-refractivity contribution is 0.193. The molecule has 3 fully saturated rings. The van der Waals surface area contributed by atoms with Crippen LogP contribution in [0.2, 0.25) is 0 Å². The minimum absolute atomic E-state index is 0.615. The van der Waals surface area contributed by atoms with E-state index < -0.39 is 0 Å². The van der Waals surface area contributed by atoms with Crippen LogP contribution in [-0.4, -0.2) is 55.4 Å². The van der Waals surface area contributed by atoms with E-state index in [0.717, 1.165) is 43.6 Å². The zero-order chi connectivity index (χ0) is 16.8. The molecule has 0 amide bonds. The summed E-state index contributed by atoms with van der Waals surface area (Å²) >= 11 is 5.75. The Hall–Kier alpha value is -1.80. The van der Waals surface area contributed by atoms with Gasteiger partial charge in [0.2, 0.25) is 5.95 Å². The molecule has 0 aromatic carbocycles. The third-order valence-electron chi connectivity index (χ3n) is 5.29. The van der Waals surface area contributed by atoms with Crippen molar-refractivity contribution in [3.63, 3.8) is 0 Å². The second-order valence-corrected chi connectivity index (χ2v) is 7.68. The smallest absolute Gasteiger partial charge is 0.225 e. The fourth-order valence-electron chi connectivity index (χ4n) is 3.56. The summed E-state index contributed by atoms with van der Waals surface area (Å²) in [5.41, 5.74) is 0. The predicted molar refractivity (Wildman–Crippen MR) is 97.1 cm³/mol. The van der Waals surface area contributed by atoms with Gasteiger partial charge in [-0.15, -0.1) is 0 Å². The number of nitrogens with zero attached hydrogens (tertiary/aromatic N) is 7. The van der Waals surface area contributed by atoms with Crippen molar-refractivity contribution in [1.29, 1.82) is 0 Å². The van der Waals surface area contributed by atoms with Gasteiger partial charge in [-0.2, -0.15) is 5.10 Å². The molecule has 0 bridgehead atoms. The average Bonchev–Trinajstić information content (AvgIpc) is 3.56. The maximum Gasteiger partial charge on any atom is 0.225 e. The first-order chi connectivity index (χ1) is 12.3. The first kappa shape index (κ1) is 15.5. The molecule has 0 N–H and O–H groups in total. The van der Waals surface area contributed by atoms with Gasteiger partial charge in [-0.25, -0.2) is 14.6 Å². The summed E-state index contributed by atoms with van der Waals surface area (Å²) < 4.78 is 5.31. The molecule has 0 unspecified atom stereocenters. The number of anilines is 1. The molecule has 3 heterocycles. The average molecular weight is 357 g/mol. The maximum atomic E-state index is 5.75. The highest BCUT2D eigenvalue weighted by atomic mass is 32.1. The highest BCUT2D eigenvalue weighted by molar-refractivity contribution is 7.71. The second kappa shape index (κ2) is 6.17. The minimum atomic E-state index is 0.615. The third-order valence-corrected chi connectivity index (χ3v) is 5.70. The van der Waals surface area contributed by atoms with Gasteiger partial charge in [0.05, 0.1) is 6.67 Å². The zero-order valence-electron chi connectivity index (χ0n) is 14.3. The van der Waals surface area contributed by atoms with Gasteiger partial charge in [-0.05, 0) is 44.0 Å². The van der Waals surface area contributed by atoms with Crippen molar-refractivity contribution in [1.82, 2.24) is 29.2 Å². The van der Waals surface area contributed by atoms with Crippen molar-refractivity contribution < 1.29 is 0 Å². The number of hydrogen-bond donors (Lipinski definition) is 0. The first-order valence-corrected chi connectivity index (χ1v) is 9.64. The summed E-state index contributed by atoms with van der Waals surface area (Å²) in [6, 6.07) is 2.47. The molecular formula is C17H23N7S. The van der Waals surface area contributed by atoms with E-state index in [-0.39, 0.29) is 0 Å². The number of aromatic nitrogens is 5. The molecular weight excluding hydrogens is 334 g/mol. The molecule has 0 radical (unpaired) electrons. The molecule has 2 aliphatic carbocycles. The number of rotatable bonds is 5. The lowest BCUT2D eigenvalue weighted by atomic mass is 10.3. The van der Waals surface area contributed by atoms with Crippen molar-refractivity contribution in [2.75, 3.05) is 31.1 Å². The number of piperazine rings is 1. The summed E-state index contributed by atoms with van der Waals surface area (Å²) in [6.45, 7) is 4.64. The standard InChI is InChI=1S/C17H23N7S/c25-17-23(20-15(13-2-3-13)24(17)14-4-5-14)12-21-8-10-22(11-9-21)16-18-6-1-7-19-16/h1,6-7,13-14H,2-5,8-12H2. The first-order valence-electron chi connectivity index (χ1n) is 9.23. The van der Waals surface area contributed by atoms with Crippen molar-refractivity contribution >= 4 is 18.2 Å². The molecule has 0 spiro atoms. The summed E-state index contributed by atoms with van der Waals surface area (Å²) in [6.07, 6.45) is 8.67. The summed E-state index contributed by atoms with van der Waals surface area (Å²) in [5, 5.41) is 4.90. The van der Waals surface area contributed by atoms with Crippen molar-refractivity contribution in [2.24, 2.45) is 0 Å². The van der Waals surface area contributed by atoms with Gasteiger partial charge in [-0.1, -0.05) is 0 Å². The van der Waals surface area contributed by atoms with Gasteiger partial charge in [0.25, 0.3) is 0 Å². The van der Waals surface area contributed by atoms with Gasteiger partial charge in [0.15, 0.2) is 4.77 Å². The Morgan fingerprint density at radius 2 is 1.72 bits per heavy atom. The Morgan fingerprint density at radius 1 is 1.00 bits per heavy atom. The normalized spacial score (nSPS) is 21.7. The molecule has 5 rings (SSSR count). The monoisotopic (exact) mass is 357 g/mol. The van der Waals surface area contributed by atoms with E-state index in [1.54, 1.807) is 12.4 Å². The summed E-state index contributed by atoms with van der Waals surface area (Å²) in [7, 11) is 0. The molecule has 25 heavy (non-hydrogen) atoms. The molecule has 132 valence electrons.